The molecule has 4 nitrogen and oxygen atoms in total. The first-order chi connectivity index (χ1) is 6.60. The summed E-state index contributed by atoms with van der Waals surface area (Å²) < 4.78 is 25.1. The lowest BCUT2D eigenvalue weighted by atomic mass is 10.3. The maximum Gasteiger partial charge on any atom is 0.244 e. The van der Waals surface area contributed by atoms with E-state index in [2.05, 4.69) is 4.98 Å². The van der Waals surface area contributed by atoms with E-state index in [1.165, 1.54) is 10.5 Å². The summed E-state index contributed by atoms with van der Waals surface area (Å²) in [7, 11) is -3.25. The second kappa shape index (κ2) is 3.33. The van der Waals surface area contributed by atoms with Crippen LogP contribution in [-0.4, -0.2) is 30.8 Å². The molecule has 5 heteroatoms. The van der Waals surface area contributed by atoms with Crippen LogP contribution in [0, 0.1) is 6.92 Å². The second-order valence-corrected chi connectivity index (χ2v) is 5.33. The van der Waals surface area contributed by atoms with Gasteiger partial charge in [0.2, 0.25) is 10.0 Å². The highest BCUT2D eigenvalue weighted by molar-refractivity contribution is 7.89. The Bertz CT molecular complexity index is 421. The maximum absolute atomic E-state index is 11.8. The van der Waals surface area contributed by atoms with Gasteiger partial charge in [-0.05, 0) is 25.5 Å². The van der Waals surface area contributed by atoms with E-state index in [0.29, 0.717) is 18.0 Å². The van der Waals surface area contributed by atoms with Crippen LogP contribution in [0.3, 0.4) is 0 Å². The highest BCUT2D eigenvalue weighted by Gasteiger charge is 2.29. The zero-order valence-corrected chi connectivity index (χ0v) is 8.79. The first-order valence-corrected chi connectivity index (χ1v) is 5.97. The monoisotopic (exact) mass is 212 g/mol. The third-order valence-electron chi connectivity index (χ3n) is 2.34. The van der Waals surface area contributed by atoms with Crippen LogP contribution in [0.4, 0.5) is 0 Å². The van der Waals surface area contributed by atoms with Crippen molar-refractivity contribution in [1.29, 1.82) is 0 Å². The smallest absolute Gasteiger partial charge is 0.244 e. The van der Waals surface area contributed by atoms with Gasteiger partial charge in [0.25, 0.3) is 0 Å². The van der Waals surface area contributed by atoms with Gasteiger partial charge in [0.05, 0.1) is 0 Å². The van der Waals surface area contributed by atoms with Crippen LogP contribution in [0.2, 0.25) is 0 Å². The molecule has 1 aromatic heterocycles. The fraction of sp³-hybridized carbons (Fsp3) is 0.444. The van der Waals surface area contributed by atoms with Gasteiger partial charge in [0.15, 0.2) is 0 Å². The topological polar surface area (TPSA) is 50.3 Å². The first-order valence-electron chi connectivity index (χ1n) is 4.53. The molecule has 0 bridgehead atoms. The lowest BCUT2D eigenvalue weighted by Crippen LogP contribution is -2.41. The molecule has 0 amide bonds. The summed E-state index contributed by atoms with van der Waals surface area (Å²) in [5.41, 5.74) is 0.826. The Morgan fingerprint density at radius 3 is 2.50 bits per heavy atom. The van der Waals surface area contributed by atoms with Crippen LogP contribution in [-0.2, 0) is 10.0 Å². The van der Waals surface area contributed by atoms with Gasteiger partial charge in [-0.3, -0.25) is 4.98 Å². The standard InChI is InChI=1S/C9H12N2O2S/c1-8-3-4-9(7-10-8)14(12,13)11-5-2-6-11/h3-4,7H,2,5-6H2,1H3. The normalized spacial score (nSPS) is 17.8. The van der Waals surface area contributed by atoms with Crippen molar-refractivity contribution in [1.82, 2.24) is 9.29 Å². The third kappa shape index (κ3) is 1.53. The molecule has 76 valence electrons. The fourth-order valence-corrected chi connectivity index (χ4v) is 2.75. The number of hydrogen-bond donors (Lipinski definition) is 0. The Balaban J connectivity index is 2.34. The van der Waals surface area contributed by atoms with Crippen LogP contribution < -0.4 is 0 Å². The van der Waals surface area contributed by atoms with Gasteiger partial charge in [-0.2, -0.15) is 4.31 Å². The molecule has 0 atom stereocenters. The van der Waals surface area contributed by atoms with Crippen molar-refractivity contribution >= 4 is 10.0 Å². The van der Waals surface area contributed by atoms with E-state index in [4.69, 9.17) is 0 Å². The molecule has 0 aromatic carbocycles. The molecule has 0 radical (unpaired) electrons. The van der Waals surface area contributed by atoms with E-state index in [9.17, 15) is 8.42 Å². The first kappa shape index (κ1) is 9.61. The molecule has 0 N–H and O–H groups in total. The SMILES string of the molecule is Cc1ccc(S(=O)(=O)N2CCC2)cn1. The Hall–Kier alpha value is -0.940. The molecule has 0 saturated carbocycles. The average Bonchev–Trinajstić information content (AvgIpc) is 2.00. The van der Waals surface area contributed by atoms with Crippen molar-refractivity contribution in [2.45, 2.75) is 18.2 Å². The Morgan fingerprint density at radius 1 is 1.36 bits per heavy atom. The summed E-state index contributed by atoms with van der Waals surface area (Å²) in [6.07, 6.45) is 2.38. The molecular weight excluding hydrogens is 200 g/mol. The lowest BCUT2D eigenvalue weighted by molar-refractivity contribution is 0.309. The van der Waals surface area contributed by atoms with Gasteiger partial charge in [-0.15, -0.1) is 0 Å². The summed E-state index contributed by atoms with van der Waals surface area (Å²) in [6.45, 7) is 3.10. The van der Waals surface area contributed by atoms with Crippen molar-refractivity contribution in [2.24, 2.45) is 0 Å². The van der Waals surface area contributed by atoms with Crippen molar-refractivity contribution in [3.05, 3.63) is 24.0 Å². The van der Waals surface area contributed by atoms with Crippen molar-refractivity contribution in [2.75, 3.05) is 13.1 Å². The molecule has 1 aliphatic heterocycles. The predicted octanol–water partition coefficient (Wildman–Crippen LogP) is 0.784. The van der Waals surface area contributed by atoms with Crippen molar-refractivity contribution in [3.8, 4) is 0 Å². The molecule has 0 unspecified atom stereocenters. The quantitative estimate of drug-likeness (QED) is 0.728. The summed E-state index contributed by atoms with van der Waals surface area (Å²) in [6, 6.07) is 3.32. The minimum absolute atomic E-state index is 0.294. The van der Waals surface area contributed by atoms with Gasteiger partial charge in [-0.1, -0.05) is 0 Å². The van der Waals surface area contributed by atoms with E-state index in [0.717, 1.165) is 12.1 Å². The van der Waals surface area contributed by atoms with Gasteiger partial charge in [-0.25, -0.2) is 8.42 Å². The van der Waals surface area contributed by atoms with Crippen molar-refractivity contribution < 1.29 is 8.42 Å². The average molecular weight is 212 g/mol. The highest BCUT2D eigenvalue weighted by Crippen LogP contribution is 2.20. The summed E-state index contributed by atoms with van der Waals surface area (Å²) >= 11 is 0. The number of aromatic nitrogens is 1. The molecule has 14 heavy (non-hydrogen) atoms. The molecule has 0 aliphatic carbocycles. The zero-order valence-electron chi connectivity index (χ0n) is 7.97. The van der Waals surface area contributed by atoms with Gasteiger partial charge >= 0.3 is 0 Å². The van der Waals surface area contributed by atoms with Gasteiger partial charge < -0.3 is 0 Å². The molecule has 0 spiro atoms. The Morgan fingerprint density at radius 2 is 2.07 bits per heavy atom. The summed E-state index contributed by atoms with van der Waals surface area (Å²) in [4.78, 5) is 4.27. The van der Waals surface area contributed by atoms with E-state index in [-0.39, 0.29) is 0 Å². The Labute approximate surface area is 83.6 Å². The fourth-order valence-electron chi connectivity index (χ4n) is 1.28. The summed E-state index contributed by atoms with van der Waals surface area (Å²) in [5.74, 6) is 0. The number of rotatable bonds is 2. The maximum atomic E-state index is 11.8. The van der Waals surface area contributed by atoms with E-state index in [1.807, 2.05) is 6.92 Å². The van der Waals surface area contributed by atoms with Crippen LogP contribution in [0.5, 0.6) is 0 Å². The molecule has 2 rings (SSSR count). The van der Waals surface area contributed by atoms with Crippen LogP contribution in [0.15, 0.2) is 23.2 Å². The number of nitrogens with zero attached hydrogens (tertiary/aromatic N) is 2. The molecule has 1 aliphatic rings. The second-order valence-electron chi connectivity index (χ2n) is 3.39. The molecule has 2 heterocycles. The Kier molecular flexibility index (Phi) is 2.28. The minimum Gasteiger partial charge on any atom is -0.260 e. The van der Waals surface area contributed by atoms with Gasteiger partial charge in [0, 0.05) is 25.0 Å². The predicted molar refractivity (Wildman–Crippen MR) is 52.3 cm³/mol. The van der Waals surface area contributed by atoms with E-state index >= 15 is 0 Å². The molecule has 1 fully saturated rings. The minimum atomic E-state index is -3.25. The van der Waals surface area contributed by atoms with Gasteiger partial charge in [0.1, 0.15) is 4.90 Å². The van der Waals surface area contributed by atoms with E-state index in [1.54, 1.807) is 12.1 Å². The van der Waals surface area contributed by atoms with Crippen LogP contribution in [0.25, 0.3) is 0 Å². The number of pyridine rings is 1. The van der Waals surface area contributed by atoms with Crippen LogP contribution >= 0.6 is 0 Å². The highest BCUT2D eigenvalue weighted by atomic mass is 32.2. The van der Waals surface area contributed by atoms with Crippen LogP contribution in [0.1, 0.15) is 12.1 Å². The number of sulfonamides is 1. The summed E-state index contributed by atoms with van der Waals surface area (Å²) in [5, 5.41) is 0. The number of aryl methyl sites for hydroxylation is 1. The molecule has 1 saturated heterocycles. The van der Waals surface area contributed by atoms with E-state index < -0.39 is 10.0 Å². The third-order valence-corrected chi connectivity index (χ3v) is 4.22. The van der Waals surface area contributed by atoms with Crippen molar-refractivity contribution in [3.63, 3.8) is 0 Å². The lowest BCUT2D eigenvalue weighted by Gasteiger charge is -2.29. The zero-order chi connectivity index (χ0) is 10.2. The molecular formula is C9H12N2O2S. The largest absolute Gasteiger partial charge is 0.260 e. The number of hydrogen-bond acceptors (Lipinski definition) is 3. The molecule has 1 aromatic rings.